The Balaban J connectivity index is 2.00. The first-order valence-corrected chi connectivity index (χ1v) is 11.1. The van der Waals surface area contributed by atoms with Gasteiger partial charge in [-0.2, -0.15) is 0 Å². The zero-order valence-corrected chi connectivity index (χ0v) is 19.5. The fourth-order valence-electron chi connectivity index (χ4n) is 3.40. The Hall–Kier alpha value is -2.86. The van der Waals surface area contributed by atoms with Crippen LogP contribution in [-0.2, 0) is 12.8 Å². The number of benzene rings is 2. The van der Waals surface area contributed by atoms with E-state index in [1.165, 1.54) is 11.1 Å². The minimum Gasteiger partial charge on any atom is -0.357 e. The number of carbonyl (C=O) groups excluding carboxylic acids is 1. The van der Waals surface area contributed by atoms with Gasteiger partial charge in [-0.05, 0) is 62.7 Å². The Morgan fingerprint density at radius 3 is 2.39 bits per heavy atom. The van der Waals surface area contributed by atoms with Crippen molar-refractivity contribution in [3.63, 3.8) is 0 Å². The molecular formula is C25H37N5O. The van der Waals surface area contributed by atoms with Gasteiger partial charge in [-0.3, -0.25) is 9.79 Å². The van der Waals surface area contributed by atoms with Gasteiger partial charge >= 0.3 is 0 Å². The van der Waals surface area contributed by atoms with Crippen LogP contribution in [0.5, 0.6) is 0 Å². The zero-order valence-electron chi connectivity index (χ0n) is 19.5. The molecule has 0 saturated carbocycles. The Morgan fingerprint density at radius 2 is 1.77 bits per heavy atom. The fourth-order valence-corrected chi connectivity index (χ4v) is 3.40. The highest BCUT2D eigenvalue weighted by Crippen LogP contribution is 2.19. The maximum Gasteiger partial charge on any atom is 0.251 e. The van der Waals surface area contributed by atoms with Crippen LogP contribution in [-0.4, -0.2) is 57.5 Å². The quantitative estimate of drug-likeness (QED) is 0.406. The summed E-state index contributed by atoms with van der Waals surface area (Å²) in [6, 6.07) is 16.8. The van der Waals surface area contributed by atoms with Gasteiger partial charge in [0.15, 0.2) is 5.96 Å². The number of carbonyl (C=O) groups is 1. The van der Waals surface area contributed by atoms with Crippen molar-refractivity contribution < 1.29 is 4.79 Å². The van der Waals surface area contributed by atoms with Gasteiger partial charge in [0, 0.05) is 25.7 Å². The van der Waals surface area contributed by atoms with Gasteiger partial charge in [0.2, 0.25) is 0 Å². The number of amides is 1. The van der Waals surface area contributed by atoms with Gasteiger partial charge in [0.1, 0.15) is 0 Å². The largest absolute Gasteiger partial charge is 0.357 e. The van der Waals surface area contributed by atoms with Crippen molar-refractivity contribution in [3.05, 3.63) is 70.8 Å². The molecule has 3 N–H and O–H groups in total. The summed E-state index contributed by atoms with van der Waals surface area (Å²) in [5.41, 5.74) is 4.42. The fraction of sp³-hybridized carbons (Fsp3) is 0.440. The summed E-state index contributed by atoms with van der Waals surface area (Å²) in [7, 11) is 5.83. The van der Waals surface area contributed by atoms with E-state index in [9.17, 15) is 4.79 Å². The summed E-state index contributed by atoms with van der Waals surface area (Å²) in [5, 5.41) is 9.41. The molecule has 6 nitrogen and oxygen atoms in total. The van der Waals surface area contributed by atoms with Crippen LogP contribution in [0.15, 0.2) is 53.5 Å². The lowest BCUT2D eigenvalue weighted by atomic mass is 10.0. The Morgan fingerprint density at radius 1 is 1.03 bits per heavy atom. The number of aliphatic imine (C=N–C) groups is 1. The van der Waals surface area contributed by atoms with Gasteiger partial charge in [0.25, 0.3) is 5.91 Å². The van der Waals surface area contributed by atoms with Crippen molar-refractivity contribution in [2.24, 2.45) is 4.99 Å². The number of hydrogen-bond donors (Lipinski definition) is 3. The molecule has 2 aromatic carbocycles. The third kappa shape index (κ3) is 7.72. The number of likely N-dealkylation sites (N-methyl/N-ethyl adjacent to an activating group) is 1. The molecule has 0 aromatic heterocycles. The van der Waals surface area contributed by atoms with Crippen LogP contribution in [0.25, 0.3) is 0 Å². The van der Waals surface area contributed by atoms with Crippen LogP contribution in [0.1, 0.15) is 46.9 Å². The summed E-state index contributed by atoms with van der Waals surface area (Å²) in [6.45, 7) is 6.44. The topological polar surface area (TPSA) is 68.8 Å². The van der Waals surface area contributed by atoms with E-state index < -0.39 is 0 Å². The molecule has 2 aromatic rings. The Labute approximate surface area is 187 Å². The molecular weight excluding hydrogens is 386 g/mol. The molecule has 168 valence electrons. The summed E-state index contributed by atoms with van der Waals surface area (Å²) in [4.78, 5) is 18.9. The highest BCUT2D eigenvalue weighted by Gasteiger charge is 2.14. The third-order valence-electron chi connectivity index (χ3n) is 5.29. The molecule has 0 bridgehead atoms. The number of aryl methyl sites for hydroxylation is 1. The molecule has 1 unspecified atom stereocenters. The summed E-state index contributed by atoms with van der Waals surface area (Å²) >= 11 is 0. The molecule has 0 aliphatic carbocycles. The van der Waals surface area contributed by atoms with E-state index in [1.54, 1.807) is 7.05 Å². The first kappa shape index (κ1) is 24.4. The molecule has 0 fully saturated rings. The SMILES string of the molecule is CCNC(=NCC(c1ccc(CC)cc1)N(C)C)NCCc1cccc(C(=O)NC)c1. The van der Waals surface area contributed by atoms with Crippen LogP contribution in [0.4, 0.5) is 0 Å². The monoisotopic (exact) mass is 423 g/mol. The van der Waals surface area contributed by atoms with E-state index in [4.69, 9.17) is 4.99 Å². The van der Waals surface area contributed by atoms with Gasteiger partial charge in [0.05, 0.1) is 12.6 Å². The first-order chi connectivity index (χ1) is 15.0. The second-order valence-electron chi connectivity index (χ2n) is 7.75. The van der Waals surface area contributed by atoms with E-state index in [0.29, 0.717) is 12.1 Å². The van der Waals surface area contributed by atoms with E-state index >= 15 is 0 Å². The van der Waals surface area contributed by atoms with E-state index in [1.807, 2.05) is 24.3 Å². The van der Waals surface area contributed by atoms with Crippen LogP contribution in [0.2, 0.25) is 0 Å². The predicted octanol–water partition coefficient (Wildman–Crippen LogP) is 3.01. The first-order valence-electron chi connectivity index (χ1n) is 11.1. The standard InChI is InChI=1S/C25H37N5O/c1-6-19-11-13-21(14-12-19)23(30(4)5)18-29-25(27-7-2)28-16-15-20-9-8-10-22(17-20)24(31)26-3/h8-14,17,23H,6-7,15-16,18H2,1-5H3,(H,26,31)(H2,27,28,29). The minimum absolute atomic E-state index is 0.0635. The summed E-state index contributed by atoms with van der Waals surface area (Å²) in [6.07, 6.45) is 1.86. The number of guanidine groups is 1. The van der Waals surface area contributed by atoms with Crippen LogP contribution < -0.4 is 16.0 Å². The van der Waals surface area contributed by atoms with E-state index in [0.717, 1.165) is 37.5 Å². The average molecular weight is 424 g/mol. The normalized spacial score (nSPS) is 12.5. The highest BCUT2D eigenvalue weighted by atomic mass is 16.1. The molecule has 0 radical (unpaired) electrons. The third-order valence-corrected chi connectivity index (χ3v) is 5.29. The van der Waals surface area contributed by atoms with Crippen LogP contribution >= 0.6 is 0 Å². The smallest absolute Gasteiger partial charge is 0.251 e. The van der Waals surface area contributed by atoms with Gasteiger partial charge in [-0.1, -0.05) is 43.3 Å². The summed E-state index contributed by atoms with van der Waals surface area (Å²) < 4.78 is 0. The molecule has 0 spiro atoms. The number of hydrogen-bond acceptors (Lipinski definition) is 3. The molecule has 31 heavy (non-hydrogen) atoms. The van der Waals surface area contributed by atoms with E-state index in [2.05, 4.69) is 73.1 Å². The molecule has 6 heteroatoms. The van der Waals surface area contributed by atoms with Gasteiger partial charge in [-0.15, -0.1) is 0 Å². The Kier molecular flexibility index (Phi) is 10.0. The molecule has 0 aliphatic heterocycles. The predicted molar refractivity (Wildman–Crippen MR) is 130 cm³/mol. The molecule has 0 aliphatic rings. The molecule has 1 amide bonds. The van der Waals surface area contributed by atoms with E-state index in [-0.39, 0.29) is 11.9 Å². The maximum atomic E-state index is 11.8. The van der Waals surface area contributed by atoms with Crippen molar-refractivity contribution in [3.8, 4) is 0 Å². The number of nitrogens with zero attached hydrogens (tertiary/aromatic N) is 2. The number of nitrogens with one attached hydrogen (secondary N) is 3. The maximum absolute atomic E-state index is 11.8. The van der Waals surface area contributed by atoms with Gasteiger partial charge in [-0.25, -0.2) is 0 Å². The lowest BCUT2D eigenvalue weighted by Gasteiger charge is -2.24. The zero-order chi connectivity index (χ0) is 22.6. The van der Waals surface area contributed by atoms with Crippen molar-refractivity contribution in [1.82, 2.24) is 20.9 Å². The van der Waals surface area contributed by atoms with Crippen LogP contribution in [0, 0.1) is 0 Å². The van der Waals surface area contributed by atoms with Crippen LogP contribution in [0.3, 0.4) is 0 Å². The van der Waals surface area contributed by atoms with Crippen molar-refractivity contribution in [1.29, 1.82) is 0 Å². The Bertz CT molecular complexity index is 845. The van der Waals surface area contributed by atoms with Crippen molar-refractivity contribution in [2.45, 2.75) is 32.7 Å². The van der Waals surface area contributed by atoms with Crippen molar-refractivity contribution >= 4 is 11.9 Å². The molecule has 0 heterocycles. The van der Waals surface area contributed by atoms with Crippen molar-refractivity contribution in [2.75, 3.05) is 40.8 Å². The lowest BCUT2D eigenvalue weighted by Crippen LogP contribution is -2.39. The second-order valence-corrected chi connectivity index (χ2v) is 7.75. The number of rotatable bonds is 10. The highest BCUT2D eigenvalue weighted by molar-refractivity contribution is 5.94. The lowest BCUT2D eigenvalue weighted by molar-refractivity contribution is 0.0963. The molecule has 2 rings (SSSR count). The minimum atomic E-state index is -0.0635. The summed E-state index contributed by atoms with van der Waals surface area (Å²) in [5.74, 6) is 0.744. The molecule has 1 atom stereocenters. The average Bonchev–Trinajstić information content (AvgIpc) is 2.79. The molecule has 0 saturated heterocycles. The second kappa shape index (κ2) is 12.7. The van der Waals surface area contributed by atoms with Gasteiger partial charge < -0.3 is 20.9 Å².